The number of nitrogens with one attached hydrogen (secondary N) is 1. The van der Waals surface area contributed by atoms with Gasteiger partial charge in [-0.25, -0.2) is 0 Å². The summed E-state index contributed by atoms with van der Waals surface area (Å²) in [5.41, 5.74) is 12.1. The van der Waals surface area contributed by atoms with E-state index in [1.54, 1.807) is 0 Å². The van der Waals surface area contributed by atoms with E-state index in [2.05, 4.69) is 75.1 Å². The van der Waals surface area contributed by atoms with Crippen LogP contribution in [-0.4, -0.2) is 6.54 Å². The van der Waals surface area contributed by atoms with Crippen LogP contribution in [0.25, 0.3) is 16.3 Å². The standard InChI is InChI=1S/C25H34N2/c1-6-9-10-19-11-12-21-17-22(14-13-20(21)16-19)23(8-3)24(18(4)5)25(26)27-15-7-2/h8,11-14,16-17,27H,4,6-7,9-10,15,26H2,1-3,5H3/b23-8-,25-24-. The minimum atomic E-state index is 0.701. The van der Waals surface area contributed by atoms with Crippen molar-refractivity contribution in [2.45, 2.75) is 53.4 Å². The van der Waals surface area contributed by atoms with E-state index in [-0.39, 0.29) is 0 Å². The number of hydrogen-bond acceptors (Lipinski definition) is 2. The van der Waals surface area contributed by atoms with E-state index in [1.807, 2.05) is 6.92 Å². The van der Waals surface area contributed by atoms with Gasteiger partial charge in [0.2, 0.25) is 0 Å². The average Bonchev–Trinajstić information content (AvgIpc) is 2.67. The molecule has 2 nitrogen and oxygen atoms in total. The van der Waals surface area contributed by atoms with Crippen LogP contribution in [0.3, 0.4) is 0 Å². The minimum Gasteiger partial charge on any atom is -0.385 e. The van der Waals surface area contributed by atoms with Gasteiger partial charge in [0.05, 0.1) is 0 Å². The van der Waals surface area contributed by atoms with Gasteiger partial charge in [0, 0.05) is 12.1 Å². The lowest BCUT2D eigenvalue weighted by molar-refractivity contribution is 0.756. The zero-order valence-electron chi connectivity index (χ0n) is 17.4. The Morgan fingerprint density at radius 1 is 1.07 bits per heavy atom. The summed E-state index contributed by atoms with van der Waals surface area (Å²) in [6.45, 7) is 13.5. The second kappa shape index (κ2) is 10.0. The number of nitrogens with two attached hydrogens (primary N) is 1. The monoisotopic (exact) mass is 362 g/mol. The molecule has 0 spiro atoms. The molecule has 144 valence electrons. The third-order valence-electron chi connectivity index (χ3n) is 4.85. The van der Waals surface area contributed by atoms with Crippen molar-refractivity contribution in [3.05, 3.63) is 77.1 Å². The minimum absolute atomic E-state index is 0.701. The summed E-state index contributed by atoms with van der Waals surface area (Å²) in [6, 6.07) is 13.5. The van der Waals surface area contributed by atoms with Gasteiger partial charge in [-0.05, 0) is 72.2 Å². The molecular weight excluding hydrogens is 328 g/mol. The van der Waals surface area contributed by atoms with Crippen LogP contribution < -0.4 is 11.1 Å². The van der Waals surface area contributed by atoms with Crippen molar-refractivity contribution in [2.75, 3.05) is 6.54 Å². The molecule has 0 heterocycles. The van der Waals surface area contributed by atoms with Crippen molar-refractivity contribution in [1.29, 1.82) is 0 Å². The Hall–Kier alpha value is -2.48. The lowest BCUT2D eigenvalue weighted by atomic mass is 9.91. The van der Waals surface area contributed by atoms with E-state index < -0.39 is 0 Å². The van der Waals surface area contributed by atoms with Crippen LogP contribution in [0.15, 0.2) is 66.0 Å². The predicted molar refractivity (Wildman–Crippen MR) is 121 cm³/mol. The highest BCUT2D eigenvalue weighted by molar-refractivity contribution is 5.91. The molecule has 3 N–H and O–H groups in total. The number of allylic oxidation sites excluding steroid dienone is 4. The van der Waals surface area contributed by atoms with Crippen LogP contribution in [0, 0.1) is 0 Å². The van der Waals surface area contributed by atoms with Crippen molar-refractivity contribution < 1.29 is 0 Å². The van der Waals surface area contributed by atoms with Crippen LogP contribution in [-0.2, 0) is 6.42 Å². The van der Waals surface area contributed by atoms with Gasteiger partial charge < -0.3 is 11.1 Å². The number of unbranched alkanes of at least 4 members (excludes halogenated alkanes) is 1. The molecule has 0 aliphatic rings. The Balaban J connectivity index is 2.44. The van der Waals surface area contributed by atoms with Gasteiger partial charge >= 0.3 is 0 Å². The predicted octanol–water partition coefficient (Wildman–Crippen LogP) is 6.33. The molecule has 0 saturated heterocycles. The second-order valence-electron chi connectivity index (χ2n) is 7.20. The van der Waals surface area contributed by atoms with Crippen molar-refractivity contribution in [1.82, 2.24) is 5.32 Å². The van der Waals surface area contributed by atoms with Crippen LogP contribution >= 0.6 is 0 Å². The summed E-state index contributed by atoms with van der Waals surface area (Å²) >= 11 is 0. The number of benzene rings is 2. The van der Waals surface area contributed by atoms with E-state index in [1.165, 1.54) is 34.7 Å². The van der Waals surface area contributed by atoms with Crippen LogP contribution in [0.4, 0.5) is 0 Å². The zero-order valence-corrected chi connectivity index (χ0v) is 17.4. The molecule has 0 amide bonds. The molecule has 2 aromatic rings. The van der Waals surface area contributed by atoms with E-state index in [9.17, 15) is 0 Å². The van der Waals surface area contributed by atoms with Gasteiger partial charge in [0.1, 0.15) is 5.82 Å². The molecule has 0 fully saturated rings. The van der Waals surface area contributed by atoms with Crippen molar-refractivity contribution in [3.8, 4) is 0 Å². The Morgan fingerprint density at radius 3 is 2.41 bits per heavy atom. The summed E-state index contributed by atoms with van der Waals surface area (Å²) in [5, 5.41) is 5.87. The first-order chi connectivity index (χ1) is 13.0. The summed E-state index contributed by atoms with van der Waals surface area (Å²) in [7, 11) is 0. The normalized spacial score (nSPS) is 12.8. The molecule has 2 heteroatoms. The van der Waals surface area contributed by atoms with Crippen molar-refractivity contribution in [2.24, 2.45) is 5.73 Å². The highest BCUT2D eigenvalue weighted by Gasteiger charge is 2.13. The summed E-state index contributed by atoms with van der Waals surface area (Å²) in [4.78, 5) is 0. The van der Waals surface area contributed by atoms with Gasteiger partial charge in [-0.15, -0.1) is 0 Å². The second-order valence-corrected chi connectivity index (χ2v) is 7.20. The lowest BCUT2D eigenvalue weighted by Gasteiger charge is -2.18. The Labute approximate surface area is 164 Å². The first kappa shape index (κ1) is 20.8. The van der Waals surface area contributed by atoms with Gasteiger partial charge in [0.15, 0.2) is 0 Å². The van der Waals surface area contributed by atoms with E-state index in [0.717, 1.165) is 36.1 Å². The highest BCUT2D eigenvalue weighted by Crippen LogP contribution is 2.31. The number of aryl methyl sites for hydroxylation is 1. The van der Waals surface area contributed by atoms with Gasteiger partial charge in [0.25, 0.3) is 0 Å². The fraction of sp³-hybridized carbons (Fsp3) is 0.360. The smallest absolute Gasteiger partial charge is 0.104 e. The first-order valence-corrected chi connectivity index (χ1v) is 10.1. The van der Waals surface area contributed by atoms with Crippen molar-refractivity contribution >= 4 is 16.3 Å². The van der Waals surface area contributed by atoms with Crippen LogP contribution in [0.1, 0.15) is 58.1 Å². The summed E-state index contributed by atoms with van der Waals surface area (Å²) < 4.78 is 0. The molecule has 0 atom stereocenters. The first-order valence-electron chi connectivity index (χ1n) is 10.1. The van der Waals surface area contributed by atoms with E-state index >= 15 is 0 Å². The molecule has 2 aromatic carbocycles. The number of rotatable bonds is 9. The molecule has 0 aliphatic carbocycles. The SMILES string of the molecule is C=C(C)C(/C(=C\C)c1ccc2cc(CCCC)ccc2c1)=C(\N)NCCC. The number of fused-ring (bicyclic) bond motifs is 1. The van der Waals surface area contributed by atoms with Crippen LogP contribution in [0.2, 0.25) is 0 Å². The molecule has 2 rings (SSSR count). The van der Waals surface area contributed by atoms with Gasteiger partial charge in [-0.3, -0.25) is 0 Å². The molecule has 0 unspecified atom stereocenters. The molecular formula is C25H34N2. The fourth-order valence-electron chi connectivity index (χ4n) is 3.41. The Morgan fingerprint density at radius 2 is 1.78 bits per heavy atom. The maximum atomic E-state index is 6.36. The molecule has 0 aromatic heterocycles. The van der Waals surface area contributed by atoms with Gasteiger partial charge in [-0.1, -0.05) is 63.3 Å². The largest absolute Gasteiger partial charge is 0.385 e. The third kappa shape index (κ3) is 5.26. The topological polar surface area (TPSA) is 38.0 Å². The lowest BCUT2D eigenvalue weighted by Crippen LogP contribution is -2.23. The fourth-order valence-corrected chi connectivity index (χ4v) is 3.41. The Bertz CT molecular complexity index is 856. The molecule has 0 radical (unpaired) electrons. The van der Waals surface area contributed by atoms with E-state index in [0.29, 0.717) is 5.82 Å². The summed E-state index contributed by atoms with van der Waals surface area (Å²) in [5.74, 6) is 0.701. The zero-order chi connectivity index (χ0) is 19.8. The summed E-state index contributed by atoms with van der Waals surface area (Å²) in [6.07, 6.45) is 6.78. The highest BCUT2D eigenvalue weighted by atomic mass is 15.0. The Kier molecular flexibility index (Phi) is 7.72. The molecule has 0 aliphatic heterocycles. The van der Waals surface area contributed by atoms with E-state index in [4.69, 9.17) is 5.73 Å². The van der Waals surface area contributed by atoms with Gasteiger partial charge in [-0.2, -0.15) is 0 Å². The molecule has 0 bridgehead atoms. The van der Waals surface area contributed by atoms with Crippen molar-refractivity contribution in [3.63, 3.8) is 0 Å². The van der Waals surface area contributed by atoms with Crippen LogP contribution in [0.5, 0.6) is 0 Å². The maximum Gasteiger partial charge on any atom is 0.104 e. The maximum absolute atomic E-state index is 6.36. The molecule has 0 saturated carbocycles. The third-order valence-corrected chi connectivity index (χ3v) is 4.85. The number of hydrogen-bond donors (Lipinski definition) is 2. The quantitative estimate of drug-likeness (QED) is 0.511. The molecule has 27 heavy (non-hydrogen) atoms. The average molecular weight is 363 g/mol.